The molecule has 5 nitrogen and oxygen atoms in total. The largest absolute Gasteiger partial charge is 0.395 e. The maximum Gasteiger partial charge on any atom is 0.279 e. The Morgan fingerprint density at radius 3 is 2.44 bits per heavy atom. The van der Waals surface area contributed by atoms with E-state index in [2.05, 4.69) is 4.72 Å². The number of thioether (sulfide) groups is 1. The van der Waals surface area contributed by atoms with Crippen molar-refractivity contribution < 1.29 is 13.5 Å². The van der Waals surface area contributed by atoms with Crippen molar-refractivity contribution in [3.63, 3.8) is 0 Å². The molecule has 1 aliphatic heterocycles. The van der Waals surface area contributed by atoms with Crippen LogP contribution in [0.2, 0.25) is 0 Å². The molecule has 2 N–H and O–H groups in total. The van der Waals surface area contributed by atoms with Gasteiger partial charge in [0.05, 0.1) is 6.61 Å². The quantitative estimate of drug-likeness (QED) is 0.713. The van der Waals surface area contributed by atoms with Gasteiger partial charge in [-0.05, 0) is 26.0 Å². The summed E-state index contributed by atoms with van der Waals surface area (Å²) in [4.78, 5) is 0. The van der Waals surface area contributed by atoms with Gasteiger partial charge in [0, 0.05) is 24.4 Å². The fourth-order valence-electron chi connectivity index (χ4n) is 1.75. The first-order chi connectivity index (χ1) is 7.51. The number of nitrogens with one attached hydrogen (secondary N) is 1. The number of hydrogen-bond acceptors (Lipinski definition) is 4. The van der Waals surface area contributed by atoms with Crippen molar-refractivity contribution in [3.8, 4) is 0 Å². The Bertz CT molecular complexity index is 298. The molecule has 0 spiro atoms. The number of hydrogen-bond donors (Lipinski definition) is 2. The zero-order valence-corrected chi connectivity index (χ0v) is 11.4. The normalized spacial score (nSPS) is 22.2. The molecule has 7 heteroatoms. The first kappa shape index (κ1) is 14.2. The van der Waals surface area contributed by atoms with Gasteiger partial charge in [0.1, 0.15) is 0 Å². The Morgan fingerprint density at radius 1 is 1.44 bits per heavy atom. The van der Waals surface area contributed by atoms with Crippen molar-refractivity contribution in [2.45, 2.75) is 31.1 Å². The monoisotopic (exact) mass is 268 g/mol. The molecule has 1 fully saturated rings. The Kier molecular flexibility index (Phi) is 5.52. The standard InChI is InChI=1S/C9H20N2O3S2/c1-8(9(7-12)15-2)10-16(13,14)11-5-3-4-6-11/h8-10,12H,3-7H2,1-2H3. The topological polar surface area (TPSA) is 69.6 Å². The van der Waals surface area contributed by atoms with Crippen LogP contribution in [0.4, 0.5) is 0 Å². The van der Waals surface area contributed by atoms with Crippen LogP contribution < -0.4 is 4.72 Å². The van der Waals surface area contributed by atoms with Crippen molar-refractivity contribution in [2.24, 2.45) is 0 Å². The van der Waals surface area contributed by atoms with Gasteiger partial charge in [-0.15, -0.1) is 0 Å². The van der Waals surface area contributed by atoms with Gasteiger partial charge in [0.25, 0.3) is 10.2 Å². The third-order valence-electron chi connectivity index (χ3n) is 2.78. The van der Waals surface area contributed by atoms with E-state index in [4.69, 9.17) is 5.11 Å². The molecule has 1 rings (SSSR count). The van der Waals surface area contributed by atoms with Crippen LogP contribution in [0.1, 0.15) is 19.8 Å². The Morgan fingerprint density at radius 2 is 2.00 bits per heavy atom. The minimum absolute atomic E-state index is 0.0230. The van der Waals surface area contributed by atoms with Crippen LogP contribution >= 0.6 is 11.8 Å². The highest BCUT2D eigenvalue weighted by molar-refractivity contribution is 7.99. The summed E-state index contributed by atoms with van der Waals surface area (Å²) < 4.78 is 27.9. The van der Waals surface area contributed by atoms with Crippen LogP contribution in [0.15, 0.2) is 0 Å². The van der Waals surface area contributed by atoms with E-state index in [1.165, 1.54) is 16.1 Å². The van der Waals surface area contributed by atoms with E-state index in [-0.39, 0.29) is 17.9 Å². The molecule has 1 heterocycles. The predicted octanol–water partition coefficient (Wildman–Crippen LogP) is 0.0290. The third-order valence-corrected chi connectivity index (χ3v) is 5.66. The molecule has 1 saturated heterocycles. The van der Waals surface area contributed by atoms with E-state index >= 15 is 0 Å². The first-order valence-corrected chi connectivity index (χ1v) is 8.15. The predicted molar refractivity (Wildman–Crippen MR) is 66.7 cm³/mol. The molecule has 96 valence electrons. The van der Waals surface area contributed by atoms with E-state index in [1.807, 2.05) is 6.26 Å². The van der Waals surface area contributed by atoms with Crippen LogP contribution in [-0.4, -0.2) is 55.1 Å². The summed E-state index contributed by atoms with van der Waals surface area (Å²) in [5.41, 5.74) is 0. The van der Waals surface area contributed by atoms with E-state index in [9.17, 15) is 8.42 Å². The van der Waals surface area contributed by atoms with Crippen LogP contribution in [0.5, 0.6) is 0 Å². The highest BCUT2D eigenvalue weighted by atomic mass is 32.2. The molecule has 0 bridgehead atoms. The summed E-state index contributed by atoms with van der Waals surface area (Å²) in [5, 5.41) is 8.99. The molecule has 16 heavy (non-hydrogen) atoms. The number of aliphatic hydroxyl groups is 1. The van der Waals surface area contributed by atoms with Crippen molar-refractivity contribution in [1.29, 1.82) is 0 Å². The van der Waals surface area contributed by atoms with Gasteiger partial charge in [0.2, 0.25) is 0 Å². The summed E-state index contributed by atoms with van der Waals surface area (Å²) in [5.74, 6) is 0. The summed E-state index contributed by atoms with van der Waals surface area (Å²) in [6.07, 6.45) is 3.73. The number of aliphatic hydroxyl groups excluding tert-OH is 1. The second-order valence-electron chi connectivity index (χ2n) is 3.97. The lowest BCUT2D eigenvalue weighted by Gasteiger charge is -2.24. The van der Waals surface area contributed by atoms with Crippen molar-refractivity contribution in [1.82, 2.24) is 9.03 Å². The lowest BCUT2D eigenvalue weighted by Crippen LogP contribution is -2.47. The van der Waals surface area contributed by atoms with Crippen molar-refractivity contribution in [2.75, 3.05) is 26.0 Å². The summed E-state index contributed by atoms with van der Waals surface area (Å²) in [6.45, 7) is 2.96. The third kappa shape index (κ3) is 3.59. The second kappa shape index (κ2) is 6.20. The average Bonchev–Trinajstić information content (AvgIpc) is 2.71. The summed E-state index contributed by atoms with van der Waals surface area (Å²) in [7, 11) is -3.37. The van der Waals surface area contributed by atoms with Crippen LogP contribution in [-0.2, 0) is 10.2 Å². The van der Waals surface area contributed by atoms with Crippen LogP contribution in [0.3, 0.4) is 0 Å². The van der Waals surface area contributed by atoms with Crippen molar-refractivity contribution in [3.05, 3.63) is 0 Å². The lowest BCUT2D eigenvalue weighted by atomic mass is 10.3. The van der Waals surface area contributed by atoms with E-state index < -0.39 is 10.2 Å². The van der Waals surface area contributed by atoms with Gasteiger partial charge >= 0.3 is 0 Å². The molecule has 2 unspecified atom stereocenters. The minimum Gasteiger partial charge on any atom is -0.395 e. The minimum atomic E-state index is -3.37. The maximum atomic E-state index is 11.9. The van der Waals surface area contributed by atoms with Gasteiger partial charge in [-0.1, -0.05) is 0 Å². The Hall–Kier alpha value is 0.180. The maximum absolute atomic E-state index is 11.9. The Labute approximate surface area is 102 Å². The fourth-order valence-corrected chi connectivity index (χ4v) is 3.98. The zero-order valence-electron chi connectivity index (χ0n) is 9.72. The van der Waals surface area contributed by atoms with Crippen LogP contribution in [0.25, 0.3) is 0 Å². The molecule has 0 aliphatic carbocycles. The Balaban J connectivity index is 2.57. The van der Waals surface area contributed by atoms with Gasteiger partial charge in [-0.3, -0.25) is 0 Å². The van der Waals surface area contributed by atoms with Crippen molar-refractivity contribution >= 4 is 22.0 Å². The van der Waals surface area contributed by atoms with E-state index in [1.54, 1.807) is 6.92 Å². The lowest BCUT2D eigenvalue weighted by molar-refractivity contribution is 0.281. The molecule has 0 radical (unpaired) electrons. The molecule has 0 aromatic heterocycles. The van der Waals surface area contributed by atoms with Gasteiger partial charge in [-0.2, -0.15) is 29.2 Å². The fraction of sp³-hybridized carbons (Fsp3) is 1.00. The highest BCUT2D eigenvalue weighted by Crippen LogP contribution is 2.15. The molecular weight excluding hydrogens is 248 g/mol. The second-order valence-corrected chi connectivity index (χ2v) is 6.75. The van der Waals surface area contributed by atoms with Gasteiger partial charge in [-0.25, -0.2) is 0 Å². The van der Waals surface area contributed by atoms with Crippen LogP contribution in [0, 0.1) is 0 Å². The number of nitrogens with zero attached hydrogens (tertiary/aromatic N) is 1. The van der Waals surface area contributed by atoms with E-state index in [0.717, 1.165) is 12.8 Å². The SMILES string of the molecule is CSC(CO)C(C)NS(=O)(=O)N1CCCC1. The molecule has 0 amide bonds. The molecule has 2 atom stereocenters. The smallest absolute Gasteiger partial charge is 0.279 e. The van der Waals surface area contributed by atoms with Gasteiger partial charge < -0.3 is 5.11 Å². The zero-order chi connectivity index (χ0) is 12.2. The molecule has 0 aromatic carbocycles. The summed E-state index contributed by atoms with van der Waals surface area (Å²) >= 11 is 1.47. The number of rotatable bonds is 6. The van der Waals surface area contributed by atoms with E-state index in [0.29, 0.717) is 13.1 Å². The average molecular weight is 268 g/mol. The molecular formula is C9H20N2O3S2. The molecule has 1 aliphatic rings. The molecule has 0 aromatic rings. The highest BCUT2D eigenvalue weighted by Gasteiger charge is 2.28. The first-order valence-electron chi connectivity index (χ1n) is 5.42. The summed E-state index contributed by atoms with van der Waals surface area (Å²) in [6, 6.07) is -0.259. The van der Waals surface area contributed by atoms with Gasteiger partial charge in [0.15, 0.2) is 0 Å². The molecule has 0 saturated carbocycles.